The van der Waals surface area contributed by atoms with Crippen molar-refractivity contribution >= 4 is 23.2 Å². The molecule has 0 radical (unpaired) electrons. The van der Waals surface area contributed by atoms with Gasteiger partial charge in [-0.3, -0.25) is 9.59 Å². The summed E-state index contributed by atoms with van der Waals surface area (Å²) >= 11 is 0. The molecule has 1 fully saturated rings. The Morgan fingerprint density at radius 1 is 1.02 bits per heavy atom. The van der Waals surface area contributed by atoms with E-state index in [1.807, 2.05) is 54.3 Å². The molecule has 0 saturated carbocycles. The van der Waals surface area contributed by atoms with Gasteiger partial charge in [-0.15, -0.1) is 0 Å². The molecule has 2 atom stereocenters. The van der Waals surface area contributed by atoms with E-state index < -0.39 is 0 Å². The van der Waals surface area contributed by atoms with Crippen molar-refractivity contribution in [2.75, 3.05) is 70.5 Å². The number of methoxy groups -OCH3 is 3. The summed E-state index contributed by atoms with van der Waals surface area (Å²) in [4.78, 5) is 30.6. The Bertz CT molecular complexity index is 1460. The van der Waals surface area contributed by atoms with Crippen molar-refractivity contribution in [3.05, 3.63) is 71.8 Å². The largest absolute Gasteiger partial charge is 0.496 e. The van der Waals surface area contributed by atoms with Crippen molar-refractivity contribution in [3.63, 3.8) is 0 Å². The lowest BCUT2D eigenvalue weighted by Gasteiger charge is -2.36. The average molecular weight is 618 g/mol. The predicted octanol–water partition coefficient (Wildman–Crippen LogP) is 4.79. The van der Waals surface area contributed by atoms with Gasteiger partial charge in [-0.05, 0) is 61.6 Å². The summed E-state index contributed by atoms with van der Waals surface area (Å²) in [7, 11) is 4.87. The predicted molar refractivity (Wildman–Crippen MR) is 173 cm³/mol. The van der Waals surface area contributed by atoms with E-state index in [9.17, 15) is 9.59 Å². The summed E-state index contributed by atoms with van der Waals surface area (Å²) in [6.45, 7) is 5.34. The molecule has 10 nitrogen and oxygen atoms in total. The number of benzene rings is 3. The van der Waals surface area contributed by atoms with E-state index in [0.717, 1.165) is 29.8 Å². The molecule has 2 aliphatic heterocycles. The first kappa shape index (κ1) is 32.1. The fourth-order valence-electron chi connectivity index (χ4n) is 6.10. The molecule has 45 heavy (non-hydrogen) atoms. The molecule has 2 aliphatic rings. The molecule has 5 rings (SSSR count). The van der Waals surface area contributed by atoms with Gasteiger partial charge in [0, 0.05) is 57.2 Å². The SMILES string of the molecule is CCN(C(=O)C1CNCC[C@@H]1c1cccc(COc2cc(OC)cc(OC)c2)c1)c1ccc2c(c1)N(CCCOC)C(=O)CO2. The van der Waals surface area contributed by atoms with Gasteiger partial charge in [0.15, 0.2) is 6.61 Å². The van der Waals surface area contributed by atoms with E-state index in [1.54, 1.807) is 32.3 Å². The number of rotatable bonds is 13. The molecular weight excluding hydrogens is 574 g/mol. The fourth-order valence-corrected chi connectivity index (χ4v) is 6.10. The van der Waals surface area contributed by atoms with Gasteiger partial charge < -0.3 is 38.8 Å². The molecule has 240 valence electrons. The van der Waals surface area contributed by atoms with Crippen LogP contribution in [0.5, 0.6) is 23.0 Å². The number of piperidine rings is 1. The third kappa shape index (κ3) is 7.51. The van der Waals surface area contributed by atoms with E-state index in [1.165, 1.54) is 0 Å². The molecule has 10 heteroatoms. The Balaban J connectivity index is 1.34. The lowest BCUT2D eigenvalue weighted by Crippen LogP contribution is -2.46. The topological polar surface area (TPSA) is 98.8 Å². The molecule has 3 aromatic carbocycles. The summed E-state index contributed by atoms with van der Waals surface area (Å²) in [5, 5.41) is 3.44. The monoisotopic (exact) mass is 617 g/mol. The summed E-state index contributed by atoms with van der Waals surface area (Å²) in [6, 6.07) is 19.4. The summed E-state index contributed by atoms with van der Waals surface area (Å²) in [5.41, 5.74) is 3.56. The normalized spacial score (nSPS) is 17.7. The van der Waals surface area contributed by atoms with Crippen LogP contribution in [0.3, 0.4) is 0 Å². The summed E-state index contributed by atoms with van der Waals surface area (Å²) in [6.07, 6.45) is 1.54. The minimum atomic E-state index is -0.260. The van der Waals surface area contributed by atoms with Crippen molar-refractivity contribution in [1.29, 1.82) is 0 Å². The Kier molecular flexibility index (Phi) is 10.8. The number of hydrogen-bond donors (Lipinski definition) is 1. The van der Waals surface area contributed by atoms with Gasteiger partial charge in [0.25, 0.3) is 5.91 Å². The van der Waals surface area contributed by atoms with Crippen LogP contribution >= 0.6 is 0 Å². The van der Waals surface area contributed by atoms with Crippen LogP contribution in [0.4, 0.5) is 11.4 Å². The van der Waals surface area contributed by atoms with Crippen molar-refractivity contribution < 1.29 is 33.3 Å². The first-order valence-electron chi connectivity index (χ1n) is 15.5. The highest BCUT2D eigenvalue weighted by Gasteiger charge is 2.36. The maximum absolute atomic E-state index is 14.3. The van der Waals surface area contributed by atoms with Gasteiger partial charge >= 0.3 is 0 Å². The standard InChI is InChI=1S/C35H43N3O7/c1-5-37(26-10-11-33-32(17-26)38(14-7-15-41-2)34(39)23-45-33)35(40)31-21-36-13-12-30(31)25-9-6-8-24(16-25)22-44-29-19-27(42-3)18-28(20-29)43-4/h6,8-11,16-20,30-31,36H,5,7,12-15,21-23H2,1-4H3/t30-,31?/m1/s1. The highest BCUT2D eigenvalue weighted by Crippen LogP contribution is 2.38. The number of ether oxygens (including phenoxy) is 5. The summed E-state index contributed by atoms with van der Waals surface area (Å²) in [5.74, 6) is 2.34. The quantitative estimate of drug-likeness (QED) is 0.274. The van der Waals surface area contributed by atoms with Gasteiger partial charge in [0.2, 0.25) is 5.91 Å². The first-order chi connectivity index (χ1) is 21.9. The van der Waals surface area contributed by atoms with Crippen LogP contribution in [-0.2, 0) is 20.9 Å². The van der Waals surface area contributed by atoms with Crippen LogP contribution in [0.15, 0.2) is 60.7 Å². The number of nitrogens with one attached hydrogen (secondary N) is 1. The van der Waals surface area contributed by atoms with Crippen LogP contribution in [0.1, 0.15) is 36.8 Å². The average Bonchev–Trinajstić information content (AvgIpc) is 3.08. The third-order valence-electron chi connectivity index (χ3n) is 8.42. The van der Waals surface area contributed by atoms with E-state index in [2.05, 4.69) is 17.4 Å². The van der Waals surface area contributed by atoms with E-state index in [0.29, 0.717) is 68.0 Å². The highest BCUT2D eigenvalue weighted by atomic mass is 16.5. The first-order valence-corrected chi connectivity index (χ1v) is 15.5. The molecule has 0 aromatic heterocycles. The van der Waals surface area contributed by atoms with Crippen molar-refractivity contribution in [1.82, 2.24) is 5.32 Å². The van der Waals surface area contributed by atoms with Gasteiger partial charge in [-0.2, -0.15) is 0 Å². The molecule has 0 spiro atoms. The number of carbonyl (C=O) groups excluding carboxylic acids is 2. The molecule has 1 N–H and O–H groups in total. The molecule has 2 amide bonds. The second-order valence-electron chi connectivity index (χ2n) is 11.2. The van der Waals surface area contributed by atoms with Crippen LogP contribution in [0.25, 0.3) is 0 Å². The third-order valence-corrected chi connectivity index (χ3v) is 8.42. The van der Waals surface area contributed by atoms with Crippen molar-refractivity contribution in [2.24, 2.45) is 5.92 Å². The van der Waals surface area contributed by atoms with Crippen molar-refractivity contribution in [2.45, 2.75) is 32.3 Å². The van der Waals surface area contributed by atoms with E-state index in [4.69, 9.17) is 23.7 Å². The number of hydrogen-bond acceptors (Lipinski definition) is 8. The van der Waals surface area contributed by atoms with Crippen LogP contribution in [0, 0.1) is 5.92 Å². The molecule has 3 aromatic rings. The Hall–Kier alpha value is -4.28. The van der Waals surface area contributed by atoms with Crippen molar-refractivity contribution in [3.8, 4) is 23.0 Å². The minimum absolute atomic E-state index is 0.00299. The zero-order valence-electron chi connectivity index (χ0n) is 26.5. The van der Waals surface area contributed by atoms with E-state index in [-0.39, 0.29) is 30.3 Å². The Morgan fingerprint density at radius 2 is 1.80 bits per heavy atom. The molecule has 0 bridgehead atoms. The molecular formula is C35H43N3O7. The van der Waals surface area contributed by atoms with Crippen LogP contribution < -0.4 is 34.1 Å². The van der Waals surface area contributed by atoms with Gasteiger partial charge in [0.05, 0.1) is 25.8 Å². The summed E-state index contributed by atoms with van der Waals surface area (Å²) < 4.78 is 27.8. The number of nitrogens with zero attached hydrogens (tertiary/aromatic N) is 2. The lowest BCUT2D eigenvalue weighted by atomic mass is 9.80. The second kappa shape index (κ2) is 15.1. The molecule has 2 heterocycles. The fraction of sp³-hybridized carbons (Fsp3) is 0.429. The lowest BCUT2D eigenvalue weighted by molar-refractivity contribution is -0.123. The Morgan fingerprint density at radius 3 is 2.53 bits per heavy atom. The molecule has 0 aliphatic carbocycles. The number of amides is 2. The van der Waals surface area contributed by atoms with Crippen LogP contribution in [0.2, 0.25) is 0 Å². The Labute approximate surface area is 265 Å². The smallest absolute Gasteiger partial charge is 0.265 e. The number of carbonyl (C=O) groups is 2. The van der Waals surface area contributed by atoms with Gasteiger partial charge in [0.1, 0.15) is 29.6 Å². The van der Waals surface area contributed by atoms with Gasteiger partial charge in [-0.1, -0.05) is 24.3 Å². The van der Waals surface area contributed by atoms with Crippen LogP contribution in [-0.4, -0.2) is 72.5 Å². The number of anilines is 2. The maximum atomic E-state index is 14.3. The second-order valence-corrected chi connectivity index (χ2v) is 11.2. The van der Waals surface area contributed by atoms with E-state index >= 15 is 0 Å². The molecule has 1 saturated heterocycles. The number of fused-ring (bicyclic) bond motifs is 1. The minimum Gasteiger partial charge on any atom is -0.496 e. The molecule has 1 unspecified atom stereocenters. The zero-order valence-corrected chi connectivity index (χ0v) is 26.5. The van der Waals surface area contributed by atoms with Gasteiger partial charge in [-0.25, -0.2) is 0 Å². The highest BCUT2D eigenvalue weighted by molar-refractivity contribution is 6.00. The zero-order chi connectivity index (χ0) is 31.8. The maximum Gasteiger partial charge on any atom is 0.265 e.